The van der Waals surface area contributed by atoms with Gasteiger partial charge in [-0.2, -0.15) is 23.4 Å². The molecule has 3 aromatic heterocycles. The second kappa shape index (κ2) is 9.04. The van der Waals surface area contributed by atoms with Crippen molar-refractivity contribution in [1.82, 2.24) is 24.4 Å². The summed E-state index contributed by atoms with van der Waals surface area (Å²) in [6.07, 6.45) is -1.95. The van der Waals surface area contributed by atoms with Gasteiger partial charge in [0, 0.05) is 23.4 Å². The lowest BCUT2D eigenvalue weighted by atomic mass is 10.0. The Labute approximate surface area is 207 Å². The second-order valence-electron chi connectivity index (χ2n) is 8.36. The number of halogens is 4. The molecule has 1 amide bonds. The van der Waals surface area contributed by atoms with Gasteiger partial charge < -0.3 is 11.1 Å². The predicted molar refractivity (Wildman–Crippen MR) is 128 cm³/mol. The Morgan fingerprint density at radius 3 is 2.57 bits per heavy atom. The Bertz CT molecular complexity index is 1620. The summed E-state index contributed by atoms with van der Waals surface area (Å²) in [6.45, 7) is 2.09. The summed E-state index contributed by atoms with van der Waals surface area (Å²) in [6, 6.07) is 13.2. The molecule has 0 saturated heterocycles. The van der Waals surface area contributed by atoms with Gasteiger partial charge in [0.2, 0.25) is 0 Å². The minimum Gasteiger partial charge on any atom is -0.382 e. The van der Waals surface area contributed by atoms with Crippen molar-refractivity contribution in [3.63, 3.8) is 0 Å². The maximum Gasteiger partial charge on any atom is 0.418 e. The number of hydrogen-bond acceptors (Lipinski definition) is 5. The van der Waals surface area contributed by atoms with Gasteiger partial charge in [0.25, 0.3) is 5.91 Å². The normalized spacial score (nSPS) is 11.7. The van der Waals surface area contributed by atoms with E-state index in [-0.39, 0.29) is 34.2 Å². The predicted octanol–water partition coefficient (Wildman–Crippen LogP) is 4.94. The van der Waals surface area contributed by atoms with Crippen molar-refractivity contribution in [3.05, 3.63) is 95.2 Å². The monoisotopic (exact) mass is 509 g/mol. The van der Waals surface area contributed by atoms with Crippen molar-refractivity contribution >= 4 is 23.1 Å². The van der Waals surface area contributed by atoms with Crippen LogP contribution in [0.5, 0.6) is 0 Å². The number of amides is 1. The number of nitrogens with two attached hydrogens (primary N) is 1. The van der Waals surface area contributed by atoms with Crippen molar-refractivity contribution in [2.45, 2.75) is 19.6 Å². The van der Waals surface area contributed by atoms with E-state index >= 15 is 0 Å². The Morgan fingerprint density at radius 2 is 1.84 bits per heavy atom. The number of alkyl halides is 3. The van der Waals surface area contributed by atoms with Gasteiger partial charge >= 0.3 is 6.18 Å². The maximum atomic E-state index is 13.7. The minimum absolute atomic E-state index is 0.106. The van der Waals surface area contributed by atoms with Gasteiger partial charge in [-0.15, -0.1) is 0 Å². The number of hydrogen-bond donors (Lipinski definition) is 2. The Kier molecular flexibility index (Phi) is 5.86. The second-order valence-corrected chi connectivity index (χ2v) is 8.36. The summed E-state index contributed by atoms with van der Waals surface area (Å²) >= 11 is 0. The minimum atomic E-state index is -4.68. The van der Waals surface area contributed by atoms with E-state index in [4.69, 9.17) is 5.73 Å². The smallest absolute Gasteiger partial charge is 0.382 e. The first kappa shape index (κ1) is 24.0. The number of fused-ring (bicyclic) bond motifs is 1. The number of benzene rings is 2. The quantitative estimate of drug-likeness (QED) is 0.327. The lowest BCUT2D eigenvalue weighted by molar-refractivity contribution is -0.136. The average molecular weight is 509 g/mol. The Morgan fingerprint density at radius 1 is 1.08 bits per heavy atom. The number of carbonyl (C=O) groups is 1. The number of carbonyl (C=O) groups excluding carboxylic acids is 1. The molecule has 5 rings (SSSR count). The molecule has 0 aliphatic heterocycles. The van der Waals surface area contributed by atoms with Crippen LogP contribution in [0.4, 0.5) is 29.2 Å². The first-order valence-electron chi connectivity index (χ1n) is 11.0. The fourth-order valence-corrected chi connectivity index (χ4v) is 3.99. The van der Waals surface area contributed by atoms with Crippen molar-refractivity contribution in [2.24, 2.45) is 0 Å². The van der Waals surface area contributed by atoms with Crippen LogP contribution in [0.25, 0.3) is 16.8 Å². The van der Waals surface area contributed by atoms with Crippen molar-refractivity contribution in [3.8, 4) is 11.3 Å². The first-order valence-corrected chi connectivity index (χ1v) is 11.0. The highest BCUT2D eigenvalue weighted by molar-refractivity contribution is 6.05. The number of nitrogen functional groups attached to an aromatic ring is 1. The zero-order chi connectivity index (χ0) is 26.3. The van der Waals surface area contributed by atoms with Gasteiger partial charge in [-0.05, 0) is 42.3 Å². The van der Waals surface area contributed by atoms with Crippen LogP contribution < -0.4 is 11.1 Å². The highest BCUT2D eigenvalue weighted by Gasteiger charge is 2.36. The molecule has 0 spiro atoms. The standard InChI is InChI=1S/C25H19F4N7O/c1-14-2-5-16(20-11-19(25(27,28)29)22-23(30)31-13-32-36(20)22)10-18(14)24(37)33-21-8-9-35(34-21)12-15-3-6-17(26)7-4-15/h2-11,13H,12H2,1H3,(H2,30,31,32)(H,33,34,37). The Balaban J connectivity index is 1.44. The van der Waals surface area contributed by atoms with E-state index in [0.717, 1.165) is 22.5 Å². The van der Waals surface area contributed by atoms with Crippen molar-refractivity contribution in [1.29, 1.82) is 0 Å². The maximum absolute atomic E-state index is 13.7. The number of nitrogens with zero attached hydrogens (tertiary/aromatic N) is 5. The lowest BCUT2D eigenvalue weighted by Crippen LogP contribution is -2.14. The molecule has 0 saturated carbocycles. The number of rotatable bonds is 5. The van der Waals surface area contributed by atoms with Crippen LogP contribution in [0, 0.1) is 12.7 Å². The highest BCUT2D eigenvalue weighted by Crippen LogP contribution is 2.38. The number of nitrogens with one attached hydrogen (secondary N) is 1. The molecule has 0 bridgehead atoms. The summed E-state index contributed by atoms with van der Waals surface area (Å²) in [5.41, 5.74) is 6.52. The molecular formula is C25H19F4N7O. The average Bonchev–Trinajstić information content (AvgIpc) is 3.46. The van der Waals surface area contributed by atoms with Crippen LogP contribution in [0.1, 0.15) is 27.0 Å². The molecule has 0 aliphatic carbocycles. The molecule has 0 unspecified atom stereocenters. The molecule has 0 radical (unpaired) electrons. The van der Waals surface area contributed by atoms with E-state index in [9.17, 15) is 22.4 Å². The van der Waals surface area contributed by atoms with Crippen molar-refractivity contribution in [2.75, 3.05) is 11.1 Å². The van der Waals surface area contributed by atoms with Crippen LogP contribution in [0.15, 0.2) is 67.1 Å². The fraction of sp³-hybridized carbons (Fsp3) is 0.120. The zero-order valence-electron chi connectivity index (χ0n) is 19.3. The summed E-state index contributed by atoms with van der Waals surface area (Å²) in [5, 5.41) is 11.0. The molecular weight excluding hydrogens is 490 g/mol. The number of aromatic nitrogens is 5. The molecule has 3 N–H and O–H groups in total. The third kappa shape index (κ3) is 4.73. The molecule has 12 heteroatoms. The third-order valence-electron chi connectivity index (χ3n) is 5.81. The van der Waals surface area contributed by atoms with E-state index < -0.39 is 17.6 Å². The number of anilines is 2. The van der Waals surface area contributed by atoms with Gasteiger partial charge in [-0.25, -0.2) is 13.9 Å². The topological polar surface area (TPSA) is 103 Å². The van der Waals surface area contributed by atoms with Gasteiger partial charge in [-0.1, -0.05) is 24.3 Å². The molecule has 3 heterocycles. The molecule has 188 valence electrons. The van der Waals surface area contributed by atoms with Crippen LogP contribution in [-0.4, -0.2) is 30.3 Å². The summed E-state index contributed by atoms with van der Waals surface area (Å²) in [7, 11) is 0. The zero-order valence-corrected chi connectivity index (χ0v) is 19.3. The van der Waals surface area contributed by atoms with Gasteiger partial charge in [-0.3, -0.25) is 9.48 Å². The van der Waals surface area contributed by atoms with Crippen LogP contribution >= 0.6 is 0 Å². The van der Waals surface area contributed by atoms with E-state index in [0.29, 0.717) is 17.7 Å². The number of aryl methyl sites for hydroxylation is 1. The van der Waals surface area contributed by atoms with Crippen LogP contribution in [-0.2, 0) is 12.7 Å². The summed E-state index contributed by atoms with van der Waals surface area (Å²) in [5.74, 6) is -0.856. The molecule has 37 heavy (non-hydrogen) atoms. The fourth-order valence-electron chi connectivity index (χ4n) is 3.99. The van der Waals surface area contributed by atoms with Crippen LogP contribution in [0.3, 0.4) is 0 Å². The van der Waals surface area contributed by atoms with E-state index in [1.54, 1.807) is 48.1 Å². The first-order chi connectivity index (χ1) is 17.6. The molecule has 0 atom stereocenters. The van der Waals surface area contributed by atoms with Gasteiger partial charge in [0.05, 0.1) is 17.8 Å². The van der Waals surface area contributed by atoms with Gasteiger partial charge in [0.1, 0.15) is 17.7 Å². The molecule has 0 fully saturated rings. The SMILES string of the molecule is Cc1ccc(-c2cc(C(F)(F)F)c3c(N)ncnn23)cc1C(=O)Nc1ccn(Cc2ccc(F)cc2)n1. The largest absolute Gasteiger partial charge is 0.418 e. The molecule has 0 aliphatic rings. The molecule has 2 aromatic carbocycles. The molecule has 5 aromatic rings. The lowest BCUT2D eigenvalue weighted by Gasteiger charge is -2.09. The highest BCUT2D eigenvalue weighted by atomic mass is 19.4. The van der Waals surface area contributed by atoms with Crippen molar-refractivity contribution < 1.29 is 22.4 Å². The van der Waals surface area contributed by atoms with E-state index in [2.05, 4.69) is 20.5 Å². The molecule has 8 nitrogen and oxygen atoms in total. The Hall–Kier alpha value is -4.74. The van der Waals surface area contributed by atoms with Gasteiger partial charge in [0.15, 0.2) is 11.6 Å². The van der Waals surface area contributed by atoms with E-state index in [1.165, 1.54) is 18.2 Å². The summed E-state index contributed by atoms with van der Waals surface area (Å²) < 4.78 is 56.8. The van der Waals surface area contributed by atoms with Crippen LogP contribution in [0.2, 0.25) is 0 Å². The summed E-state index contributed by atoms with van der Waals surface area (Å²) in [4.78, 5) is 16.8. The third-order valence-corrected chi connectivity index (χ3v) is 5.81. The van der Waals surface area contributed by atoms with E-state index in [1.807, 2.05) is 0 Å².